The molecule has 4 rings (SSSR count). The lowest BCUT2D eigenvalue weighted by Gasteiger charge is -2.19. The second-order valence-corrected chi connectivity index (χ2v) is 7.62. The van der Waals surface area contributed by atoms with E-state index in [4.69, 9.17) is 4.74 Å². The van der Waals surface area contributed by atoms with Crippen molar-refractivity contribution < 1.29 is 14.3 Å². The zero-order chi connectivity index (χ0) is 21.8. The van der Waals surface area contributed by atoms with Crippen molar-refractivity contribution in [3.63, 3.8) is 0 Å². The summed E-state index contributed by atoms with van der Waals surface area (Å²) in [6.07, 6.45) is 0.836. The lowest BCUT2D eigenvalue weighted by atomic mass is 10.1. The molecule has 5 nitrogen and oxygen atoms in total. The number of aryl methyl sites for hydroxylation is 2. The van der Waals surface area contributed by atoms with Gasteiger partial charge in [-0.15, -0.1) is 0 Å². The van der Waals surface area contributed by atoms with E-state index in [0.717, 1.165) is 27.6 Å². The molecule has 4 aromatic rings. The molecule has 5 heteroatoms. The number of hydrogen-bond acceptors (Lipinski definition) is 3. The second-order valence-electron chi connectivity index (χ2n) is 7.62. The average molecular weight is 412 g/mol. The Kier molecular flexibility index (Phi) is 5.85. The Hall–Kier alpha value is -3.86. The Morgan fingerprint density at radius 3 is 2.52 bits per heavy atom. The molecule has 0 aliphatic heterocycles. The van der Waals surface area contributed by atoms with E-state index in [-0.39, 0.29) is 12.3 Å². The smallest absolute Gasteiger partial charge is 0.311 e. The fourth-order valence-corrected chi connectivity index (χ4v) is 3.58. The van der Waals surface area contributed by atoms with Gasteiger partial charge in [0, 0.05) is 28.4 Å². The molecule has 0 unspecified atom stereocenters. The highest BCUT2D eigenvalue weighted by Gasteiger charge is 2.26. The summed E-state index contributed by atoms with van der Waals surface area (Å²) in [5.41, 5.74) is 5.10. The van der Waals surface area contributed by atoms with E-state index in [9.17, 15) is 9.59 Å². The summed E-state index contributed by atoms with van der Waals surface area (Å²) in [4.78, 5) is 29.1. The zero-order valence-corrected chi connectivity index (χ0v) is 17.5. The van der Waals surface area contributed by atoms with Crippen LogP contribution in [0, 0.1) is 13.8 Å². The number of carbonyl (C=O) groups is 2. The topological polar surface area (TPSA) is 71.2 Å². The molecule has 0 fully saturated rings. The number of aromatic nitrogens is 1. The summed E-state index contributed by atoms with van der Waals surface area (Å²) in [6, 6.07) is 22.7. The fraction of sp³-hybridized carbons (Fsp3) is 0.154. The van der Waals surface area contributed by atoms with Gasteiger partial charge in [0.05, 0.1) is 6.42 Å². The normalized spacial score (nSPS) is 11.8. The van der Waals surface area contributed by atoms with E-state index in [1.165, 1.54) is 0 Å². The maximum atomic E-state index is 13.1. The maximum Gasteiger partial charge on any atom is 0.311 e. The van der Waals surface area contributed by atoms with Crippen LogP contribution < -0.4 is 5.32 Å². The van der Waals surface area contributed by atoms with Crippen molar-refractivity contribution in [1.29, 1.82) is 0 Å². The van der Waals surface area contributed by atoms with Crippen LogP contribution in [0.1, 0.15) is 28.4 Å². The SMILES string of the molecule is Cc1ccc(C)c(NC(=O)[C@H](OC(=O)Cc2c[nH]c3ccccc23)c2ccccc2)c1. The number of benzene rings is 3. The van der Waals surface area contributed by atoms with Crippen molar-refractivity contribution in [3.05, 3.63) is 101 Å². The van der Waals surface area contributed by atoms with Gasteiger partial charge in [-0.2, -0.15) is 0 Å². The van der Waals surface area contributed by atoms with Crippen LogP contribution in [-0.2, 0) is 20.7 Å². The fourth-order valence-electron chi connectivity index (χ4n) is 3.58. The van der Waals surface area contributed by atoms with E-state index in [1.807, 2.05) is 74.5 Å². The number of para-hydroxylation sites is 1. The molecular formula is C26H24N2O3. The molecule has 1 heterocycles. The molecule has 1 atom stereocenters. The molecule has 0 aliphatic rings. The van der Waals surface area contributed by atoms with Crippen molar-refractivity contribution in [2.45, 2.75) is 26.4 Å². The number of ether oxygens (including phenoxy) is 1. The lowest BCUT2D eigenvalue weighted by molar-refractivity contribution is -0.154. The van der Waals surface area contributed by atoms with Crippen LogP contribution in [0.5, 0.6) is 0 Å². The second kappa shape index (κ2) is 8.88. The molecule has 1 amide bonds. The molecule has 1 aromatic heterocycles. The van der Waals surface area contributed by atoms with Gasteiger partial charge in [0.15, 0.2) is 0 Å². The summed E-state index contributed by atoms with van der Waals surface area (Å²) >= 11 is 0. The quantitative estimate of drug-likeness (QED) is 0.425. The molecule has 0 spiro atoms. The van der Waals surface area contributed by atoms with Gasteiger partial charge in [-0.3, -0.25) is 9.59 Å². The van der Waals surface area contributed by atoms with Gasteiger partial charge in [0.25, 0.3) is 5.91 Å². The maximum absolute atomic E-state index is 13.1. The number of esters is 1. The van der Waals surface area contributed by atoms with Crippen molar-refractivity contribution in [1.82, 2.24) is 4.98 Å². The average Bonchev–Trinajstić information content (AvgIpc) is 3.18. The van der Waals surface area contributed by atoms with Crippen LogP contribution in [0.4, 0.5) is 5.69 Å². The van der Waals surface area contributed by atoms with Gasteiger partial charge in [0.1, 0.15) is 0 Å². The predicted octanol–water partition coefficient (Wildman–Crippen LogP) is 5.25. The van der Waals surface area contributed by atoms with Crippen LogP contribution in [0.25, 0.3) is 10.9 Å². The van der Waals surface area contributed by atoms with E-state index < -0.39 is 12.1 Å². The number of H-pyrrole nitrogens is 1. The molecule has 0 saturated heterocycles. The summed E-state index contributed by atoms with van der Waals surface area (Å²) < 4.78 is 5.70. The monoisotopic (exact) mass is 412 g/mol. The van der Waals surface area contributed by atoms with Crippen LogP contribution in [0.3, 0.4) is 0 Å². The van der Waals surface area contributed by atoms with Gasteiger partial charge < -0.3 is 15.0 Å². The summed E-state index contributed by atoms with van der Waals surface area (Å²) in [6.45, 7) is 3.89. The molecule has 0 radical (unpaired) electrons. The number of anilines is 1. The molecule has 31 heavy (non-hydrogen) atoms. The Balaban J connectivity index is 1.56. The molecule has 0 saturated carbocycles. The molecule has 3 aromatic carbocycles. The first kappa shape index (κ1) is 20.4. The van der Waals surface area contributed by atoms with Crippen molar-refractivity contribution >= 4 is 28.5 Å². The molecular weight excluding hydrogens is 388 g/mol. The third-order valence-electron chi connectivity index (χ3n) is 5.25. The molecule has 156 valence electrons. The predicted molar refractivity (Wildman–Crippen MR) is 122 cm³/mol. The highest BCUT2D eigenvalue weighted by Crippen LogP contribution is 2.24. The number of nitrogens with one attached hydrogen (secondary N) is 2. The van der Waals surface area contributed by atoms with Crippen LogP contribution in [0.2, 0.25) is 0 Å². The van der Waals surface area contributed by atoms with Gasteiger partial charge in [-0.05, 0) is 42.7 Å². The largest absolute Gasteiger partial charge is 0.447 e. The minimum Gasteiger partial charge on any atom is -0.447 e. The van der Waals surface area contributed by atoms with Gasteiger partial charge in [0.2, 0.25) is 6.10 Å². The number of carbonyl (C=O) groups excluding carboxylic acids is 2. The Labute approximate surface area is 181 Å². The third-order valence-corrected chi connectivity index (χ3v) is 5.25. The van der Waals surface area contributed by atoms with Gasteiger partial charge in [-0.1, -0.05) is 60.7 Å². The number of rotatable bonds is 6. The third kappa shape index (κ3) is 4.67. The first-order valence-corrected chi connectivity index (χ1v) is 10.2. The molecule has 0 bridgehead atoms. The number of aromatic amines is 1. The molecule has 0 aliphatic carbocycles. The van der Waals surface area contributed by atoms with Gasteiger partial charge >= 0.3 is 5.97 Å². The van der Waals surface area contributed by atoms with E-state index in [1.54, 1.807) is 18.3 Å². The number of hydrogen-bond donors (Lipinski definition) is 2. The number of fused-ring (bicyclic) bond motifs is 1. The summed E-state index contributed by atoms with van der Waals surface area (Å²) in [7, 11) is 0. The Morgan fingerprint density at radius 2 is 1.71 bits per heavy atom. The van der Waals surface area contributed by atoms with Crippen LogP contribution in [0.15, 0.2) is 79.0 Å². The zero-order valence-electron chi connectivity index (χ0n) is 17.5. The highest BCUT2D eigenvalue weighted by molar-refractivity contribution is 5.97. The Bertz CT molecular complexity index is 1230. The van der Waals surface area contributed by atoms with Crippen molar-refractivity contribution in [3.8, 4) is 0 Å². The minimum atomic E-state index is -1.04. The van der Waals surface area contributed by atoms with Crippen molar-refractivity contribution in [2.24, 2.45) is 0 Å². The van der Waals surface area contributed by atoms with Crippen LogP contribution in [-0.4, -0.2) is 16.9 Å². The summed E-state index contributed by atoms with van der Waals surface area (Å²) in [5.74, 6) is -0.845. The molecule has 2 N–H and O–H groups in total. The van der Waals surface area contributed by atoms with E-state index >= 15 is 0 Å². The van der Waals surface area contributed by atoms with E-state index in [0.29, 0.717) is 11.3 Å². The summed E-state index contributed by atoms with van der Waals surface area (Å²) in [5, 5.41) is 3.89. The van der Waals surface area contributed by atoms with E-state index in [2.05, 4.69) is 10.3 Å². The van der Waals surface area contributed by atoms with Gasteiger partial charge in [-0.25, -0.2) is 0 Å². The van der Waals surface area contributed by atoms with Crippen molar-refractivity contribution in [2.75, 3.05) is 5.32 Å². The minimum absolute atomic E-state index is 0.0735. The first-order chi connectivity index (χ1) is 15.0. The highest BCUT2D eigenvalue weighted by atomic mass is 16.5. The van der Waals surface area contributed by atoms with Crippen LogP contribution >= 0.6 is 0 Å². The standard InChI is InChI=1S/C26H24N2O3/c1-17-12-13-18(2)23(14-17)28-26(30)25(19-8-4-3-5-9-19)31-24(29)15-20-16-27-22-11-7-6-10-21(20)22/h3-14,16,25,27H,15H2,1-2H3,(H,28,30)/t25-/m1/s1. The first-order valence-electron chi connectivity index (χ1n) is 10.2. The Morgan fingerprint density at radius 1 is 0.968 bits per heavy atom. The number of amides is 1. The lowest BCUT2D eigenvalue weighted by Crippen LogP contribution is -2.26.